The first-order valence-electron chi connectivity index (χ1n) is 8.38. The monoisotopic (exact) mass is 396 g/mol. The van der Waals surface area contributed by atoms with Crippen molar-refractivity contribution in [2.45, 2.75) is 13.8 Å². The van der Waals surface area contributed by atoms with Gasteiger partial charge in [0.15, 0.2) is 5.13 Å². The minimum atomic E-state index is -0.468. The van der Waals surface area contributed by atoms with E-state index in [9.17, 15) is 9.59 Å². The van der Waals surface area contributed by atoms with Gasteiger partial charge in [0.2, 0.25) is 5.71 Å². The lowest BCUT2D eigenvalue weighted by molar-refractivity contribution is 0.102. The van der Waals surface area contributed by atoms with Gasteiger partial charge in [-0.3, -0.25) is 14.9 Å². The average molecular weight is 396 g/mol. The lowest BCUT2D eigenvalue weighted by Gasteiger charge is -2.02. The molecule has 2 N–H and O–H groups in total. The van der Waals surface area contributed by atoms with Crippen LogP contribution in [0.3, 0.4) is 0 Å². The van der Waals surface area contributed by atoms with Gasteiger partial charge in [0.25, 0.3) is 11.5 Å². The van der Waals surface area contributed by atoms with Crippen LogP contribution in [0.15, 0.2) is 39.8 Å². The number of amides is 1. The second kappa shape index (κ2) is 6.93. The Labute approximate surface area is 163 Å². The Bertz CT molecular complexity index is 1240. The molecule has 0 atom stereocenters. The number of carbonyl (C=O) groups excluding carboxylic acids is 1. The Balaban J connectivity index is 1.66. The van der Waals surface area contributed by atoms with Gasteiger partial charge in [-0.1, -0.05) is 0 Å². The number of methoxy groups -OCH3 is 1. The predicted octanol–water partition coefficient (Wildman–Crippen LogP) is 3.52. The molecule has 1 amide bonds. The van der Waals surface area contributed by atoms with Gasteiger partial charge < -0.3 is 14.1 Å². The second-order valence-electron chi connectivity index (χ2n) is 6.05. The van der Waals surface area contributed by atoms with Crippen molar-refractivity contribution in [2.75, 3.05) is 12.4 Å². The van der Waals surface area contributed by atoms with Crippen molar-refractivity contribution in [3.8, 4) is 17.0 Å². The van der Waals surface area contributed by atoms with E-state index in [2.05, 4.69) is 20.3 Å². The third kappa shape index (κ3) is 3.05. The molecule has 0 spiro atoms. The number of fused-ring (bicyclic) bond motifs is 1. The van der Waals surface area contributed by atoms with Crippen LogP contribution in [0.2, 0.25) is 0 Å². The number of thiazole rings is 1. The molecule has 3 heterocycles. The van der Waals surface area contributed by atoms with Crippen molar-refractivity contribution in [3.63, 3.8) is 0 Å². The SMILES string of the molecule is COc1ccc(-c2nc(NC(=O)c3c(C)oc4nc[nH]c(=O)c34)sc2C)cc1. The van der Waals surface area contributed by atoms with Crippen LogP contribution < -0.4 is 15.6 Å². The summed E-state index contributed by atoms with van der Waals surface area (Å²) in [6.07, 6.45) is 1.24. The number of ether oxygens (including phenoxy) is 1. The zero-order valence-corrected chi connectivity index (χ0v) is 16.1. The Morgan fingerprint density at radius 2 is 2.00 bits per heavy atom. The van der Waals surface area contributed by atoms with Crippen LogP contribution in [0.4, 0.5) is 5.13 Å². The van der Waals surface area contributed by atoms with E-state index < -0.39 is 11.5 Å². The van der Waals surface area contributed by atoms with E-state index in [0.717, 1.165) is 21.9 Å². The first-order chi connectivity index (χ1) is 13.5. The van der Waals surface area contributed by atoms with Crippen LogP contribution in [-0.2, 0) is 0 Å². The first-order valence-corrected chi connectivity index (χ1v) is 9.19. The second-order valence-corrected chi connectivity index (χ2v) is 7.25. The summed E-state index contributed by atoms with van der Waals surface area (Å²) in [6, 6.07) is 7.52. The third-order valence-corrected chi connectivity index (χ3v) is 5.16. The van der Waals surface area contributed by atoms with Crippen LogP contribution in [-0.4, -0.2) is 28.0 Å². The van der Waals surface area contributed by atoms with Crippen LogP contribution in [0, 0.1) is 13.8 Å². The van der Waals surface area contributed by atoms with Gasteiger partial charge in [-0.05, 0) is 38.1 Å². The standard InChI is InChI=1S/C19H16N4O4S/c1-9-13(14-16(24)20-8-21-18(14)27-9)17(25)23-19-22-15(10(2)28-19)11-4-6-12(26-3)7-5-11/h4-8H,1-3H3,(H,20,21,24)(H,22,23,25). The molecule has 3 aromatic heterocycles. The van der Waals surface area contributed by atoms with E-state index in [1.54, 1.807) is 14.0 Å². The highest BCUT2D eigenvalue weighted by molar-refractivity contribution is 7.16. The molecule has 4 aromatic rings. The molecular weight excluding hydrogens is 380 g/mol. The Morgan fingerprint density at radius 3 is 2.71 bits per heavy atom. The maximum absolute atomic E-state index is 12.8. The fourth-order valence-electron chi connectivity index (χ4n) is 2.95. The number of rotatable bonds is 4. The molecule has 0 aliphatic heterocycles. The minimum Gasteiger partial charge on any atom is -0.497 e. The van der Waals surface area contributed by atoms with Crippen LogP contribution >= 0.6 is 11.3 Å². The van der Waals surface area contributed by atoms with Gasteiger partial charge in [0, 0.05) is 10.4 Å². The number of nitrogens with zero attached hydrogens (tertiary/aromatic N) is 2. The number of aromatic amines is 1. The quantitative estimate of drug-likeness (QED) is 0.546. The van der Waals surface area contributed by atoms with E-state index >= 15 is 0 Å². The zero-order chi connectivity index (χ0) is 19.8. The normalized spacial score (nSPS) is 11.0. The molecule has 0 aliphatic rings. The summed E-state index contributed by atoms with van der Waals surface area (Å²) < 4.78 is 10.6. The largest absolute Gasteiger partial charge is 0.497 e. The molecule has 0 bridgehead atoms. The van der Waals surface area contributed by atoms with Crippen molar-refractivity contribution in [1.82, 2.24) is 15.0 Å². The number of hydrogen-bond acceptors (Lipinski definition) is 7. The number of aryl methyl sites for hydroxylation is 2. The Morgan fingerprint density at radius 1 is 1.25 bits per heavy atom. The van der Waals surface area contributed by atoms with Gasteiger partial charge in [0.05, 0.1) is 24.7 Å². The van der Waals surface area contributed by atoms with E-state index in [4.69, 9.17) is 9.15 Å². The lowest BCUT2D eigenvalue weighted by Crippen LogP contribution is -2.16. The number of carbonyl (C=O) groups is 1. The fourth-order valence-corrected chi connectivity index (χ4v) is 3.78. The van der Waals surface area contributed by atoms with Crippen molar-refractivity contribution >= 4 is 33.5 Å². The summed E-state index contributed by atoms with van der Waals surface area (Å²) in [5, 5.41) is 3.32. The average Bonchev–Trinajstić information content (AvgIpc) is 3.21. The molecule has 0 radical (unpaired) electrons. The van der Waals surface area contributed by atoms with Crippen LogP contribution in [0.25, 0.3) is 22.4 Å². The van der Waals surface area contributed by atoms with E-state index in [1.807, 2.05) is 31.2 Å². The number of furan rings is 1. The molecule has 4 rings (SSSR count). The lowest BCUT2D eigenvalue weighted by atomic mass is 10.1. The van der Waals surface area contributed by atoms with Gasteiger partial charge in [0.1, 0.15) is 16.9 Å². The van der Waals surface area contributed by atoms with Gasteiger partial charge in [-0.2, -0.15) is 0 Å². The molecule has 142 valence electrons. The summed E-state index contributed by atoms with van der Waals surface area (Å²) in [5.41, 5.74) is 1.54. The van der Waals surface area contributed by atoms with Gasteiger partial charge in [-0.25, -0.2) is 9.97 Å². The van der Waals surface area contributed by atoms with E-state index in [-0.39, 0.29) is 16.7 Å². The predicted molar refractivity (Wildman–Crippen MR) is 106 cm³/mol. The number of H-pyrrole nitrogens is 1. The van der Waals surface area contributed by atoms with Crippen LogP contribution in [0.1, 0.15) is 21.0 Å². The topological polar surface area (TPSA) is 110 Å². The highest BCUT2D eigenvalue weighted by atomic mass is 32.1. The van der Waals surface area contributed by atoms with Crippen molar-refractivity contribution in [1.29, 1.82) is 0 Å². The first kappa shape index (κ1) is 17.9. The molecule has 28 heavy (non-hydrogen) atoms. The molecule has 0 unspecified atom stereocenters. The van der Waals surface area contributed by atoms with E-state index in [1.165, 1.54) is 17.7 Å². The van der Waals surface area contributed by atoms with Gasteiger partial charge in [-0.15, -0.1) is 11.3 Å². The molecular formula is C19H16N4O4S. The molecule has 0 fully saturated rings. The summed E-state index contributed by atoms with van der Waals surface area (Å²) >= 11 is 1.35. The summed E-state index contributed by atoms with van der Waals surface area (Å²) in [4.78, 5) is 36.8. The third-order valence-electron chi connectivity index (χ3n) is 4.28. The number of benzene rings is 1. The van der Waals surface area contributed by atoms with Crippen molar-refractivity contribution in [3.05, 3.63) is 57.1 Å². The highest BCUT2D eigenvalue weighted by Crippen LogP contribution is 2.32. The molecule has 0 saturated carbocycles. The van der Waals surface area contributed by atoms with Crippen molar-refractivity contribution < 1.29 is 13.9 Å². The number of anilines is 1. The number of aromatic nitrogens is 3. The van der Waals surface area contributed by atoms with Gasteiger partial charge >= 0.3 is 0 Å². The smallest absolute Gasteiger partial charge is 0.262 e. The zero-order valence-electron chi connectivity index (χ0n) is 15.3. The Hall–Kier alpha value is -3.46. The highest BCUT2D eigenvalue weighted by Gasteiger charge is 2.23. The van der Waals surface area contributed by atoms with Crippen molar-refractivity contribution in [2.24, 2.45) is 0 Å². The summed E-state index contributed by atoms with van der Waals surface area (Å²) in [6.45, 7) is 3.55. The summed E-state index contributed by atoms with van der Waals surface area (Å²) in [5.74, 6) is 0.608. The molecule has 9 heteroatoms. The van der Waals surface area contributed by atoms with E-state index in [0.29, 0.717) is 10.9 Å². The van der Waals surface area contributed by atoms with Crippen LogP contribution in [0.5, 0.6) is 5.75 Å². The minimum absolute atomic E-state index is 0.126. The number of nitrogens with one attached hydrogen (secondary N) is 2. The maximum atomic E-state index is 12.8. The molecule has 8 nitrogen and oxygen atoms in total. The summed E-state index contributed by atoms with van der Waals surface area (Å²) in [7, 11) is 1.61. The molecule has 0 aliphatic carbocycles. The molecule has 1 aromatic carbocycles. The fraction of sp³-hybridized carbons (Fsp3) is 0.158. The molecule has 0 saturated heterocycles. The Kier molecular flexibility index (Phi) is 4.44. The maximum Gasteiger partial charge on any atom is 0.262 e. The number of hydrogen-bond donors (Lipinski definition) is 2.